The van der Waals surface area contributed by atoms with Crippen LogP contribution in [-0.2, 0) is 13.1 Å². The molecular weight excluding hydrogens is 416 g/mol. The van der Waals surface area contributed by atoms with E-state index in [1.54, 1.807) is 12.4 Å². The molecule has 33 heavy (non-hydrogen) atoms. The fourth-order valence-corrected chi connectivity index (χ4v) is 3.99. The molecule has 1 aromatic heterocycles. The fraction of sp³-hybridized carbons (Fsp3) is 0.346. The molecule has 1 aliphatic heterocycles. The maximum atomic E-state index is 11.9. The number of rotatable bonds is 11. The van der Waals surface area contributed by atoms with E-state index in [-0.39, 0.29) is 0 Å². The van der Waals surface area contributed by atoms with Crippen LogP contribution in [0.5, 0.6) is 5.75 Å². The Labute approximate surface area is 193 Å². The van der Waals surface area contributed by atoms with Gasteiger partial charge in [0.25, 0.3) is 10.9 Å². The van der Waals surface area contributed by atoms with E-state index in [1.165, 1.54) is 37.9 Å². The summed E-state index contributed by atoms with van der Waals surface area (Å²) in [5, 5.41) is 6.07. The third-order valence-corrected chi connectivity index (χ3v) is 5.79. The number of pyridine rings is 1. The summed E-state index contributed by atoms with van der Waals surface area (Å²) in [6, 6.07) is 12.0. The van der Waals surface area contributed by atoms with Crippen molar-refractivity contribution in [2.24, 2.45) is 0 Å². The van der Waals surface area contributed by atoms with E-state index in [0.29, 0.717) is 31.1 Å². The number of nitrogens with zero attached hydrogens (tertiary/aromatic N) is 2. The molecule has 1 fully saturated rings. The van der Waals surface area contributed by atoms with Crippen molar-refractivity contribution < 1.29 is 4.74 Å². The number of hydrogen-bond acceptors (Lipinski definition) is 7. The lowest BCUT2D eigenvalue weighted by molar-refractivity contribution is 0.220. The maximum Gasteiger partial charge on any atom is 0.253 e. The van der Waals surface area contributed by atoms with Gasteiger partial charge < -0.3 is 15.4 Å². The number of ether oxygens (including phenoxy) is 1. The normalized spacial score (nSPS) is 14.5. The Balaban J connectivity index is 1.20. The fourth-order valence-electron chi connectivity index (χ4n) is 3.99. The Morgan fingerprint density at radius 2 is 1.67 bits per heavy atom. The molecule has 0 unspecified atom stereocenters. The number of benzene rings is 1. The summed E-state index contributed by atoms with van der Waals surface area (Å²) in [6.45, 7) is 4.65. The first-order valence-electron chi connectivity index (χ1n) is 11.5. The average Bonchev–Trinajstić information content (AvgIpc) is 2.86. The highest BCUT2D eigenvalue weighted by Crippen LogP contribution is 2.18. The minimum absolute atomic E-state index is 0.338. The molecule has 1 aliphatic rings. The molecule has 0 aliphatic carbocycles. The SMILES string of the molecule is O=c1c(NCC=CCOc2cccc(CN3CCCCC3)c2)c(NCc2ccncc2)c1=O. The third kappa shape index (κ3) is 6.29. The van der Waals surface area contributed by atoms with E-state index in [2.05, 4.69) is 32.7 Å². The summed E-state index contributed by atoms with van der Waals surface area (Å²) in [5.74, 6) is 0.854. The molecule has 0 radical (unpaired) electrons. The lowest BCUT2D eigenvalue weighted by Gasteiger charge is -2.26. The largest absolute Gasteiger partial charge is 0.490 e. The molecule has 7 nitrogen and oxygen atoms in total. The minimum atomic E-state index is -0.484. The van der Waals surface area contributed by atoms with Crippen LogP contribution in [-0.4, -0.2) is 36.1 Å². The van der Waals surface area contributed by atoms with E-state index < -0.39 is 10.9 Å². The number of aromatic nitrogens is 1. The molecule has 7 heteroatoms. The highest BCUT2D eigenvalue weighted by molar-refractivity contribution is 5.74. The number of hydrogen-bond donors (Lipinski definition) is 2. The van der Waals surface area contributed by atoms with Crippen molar-refractivity contribution in [2.75, 3.05) is 36.9 Å². The standard InChI is InChI=1S/C26H30N4O3/c31-25-23(24(26(25)32)29-18-20-9-12-27-13-10-20)28-11-2-5-16-33-22-8-6-7-21(17-22)19-30-14-3-1-4-15-30/h2,5-10,12-13,17,28-29H,1,3-4,11,14-16,18-19H2. The predicted molar refractivity (Wildman–Crippen MR) is 132 cm³/mol. The number of piperidine rings is 1. The van der Waals surface area contributed by atoms with Gasteiger partial charge in [0.05, 0.1) is 0 Å². The van der Waals surface area contributed by atoms with Crippen LogP contribution in [0.3, 0.4) is 0 Å². The number of likely N-dealkylation sites (tertiary alicyclic amines) is 1. The molecule has 2 aromatic carbocycles. The topological polar surface area (TPSA) is 83.6 Å². The smallest absolute Gasteiger partial charge is 0.253 e. The lowest BCUT2D eigenvalue weighted by atomic mass is 10.1. The highest BCUT2D eigenvalue weighted by Gasteiger charge is 2.19. The number of nitrogens with one attached hydrogen (secondary N) is 2. The molecule has 3 aromatic rings. The molecule has 172 valence electrons. The van der Waals surface area contributed by atoms with E-state index in [4.69, 9.17) is 4.74 Å². The summed E-state index contributed by atoms with van der Waals surface area (Å²) in [7, 11) is 0. The molecule has 1 saturated heterocycles. The Morgan fingerprint density at radius 1 is 0.909 bits per heavy atom. The van der Waals surface area contributed by atoms with Crippen molar-refractivity contribution in [1.29, 1.82) is 0 Å². The Morgan fingerprint density at radius 3 is 2.45 bits per heavy atom. The van der Waals surface area contributed by atoms with Crippen LogP contribution in [0.4, 0.5) is 11.4 Å². The number of anilines is 2. The molecule has 4 rings (SSSR count). The van der Waals surface area contributed by atoms with Crippen molar-refractivity contribution in [3.05, 3.63) is 92.5 Å². The first-order chi connectivity index (χ1) is 16.2. The van der Waals surface area contributed by atoms with Crippen LogP contribution < -0.4 is 26.2 Å². The maximum absolute atomic E-state index is 11.9. The monoisotopic (exact) mass is 446 g/mol. The molecule has 0 spiro atoms. The van der Waals surface area contributed by atoms with Crippen molar-refractivity contribution in [3.63, 3.8) is 0 Å². The van der Waals surface area contributed by atoms with Gasteiger partial charge in [-0.15, -0.1) is 0 Å². The first kappa shape index (κ1) is 22.7. The molecule has 0 amide bonds. The van der Waals surface area contributed by atoms with Gasteiger partial charge in [-0.2, -0.15) is 0 Å². The summed E-state index contributed by atoms with van der Waals surface area (Å²) >= 11 is 0. The summed E-state index contributed by atoms with van der Waals surface area (Å²) in [6.07, 6.45) is 11.1. The molecule has 0 bridgehead atoms. The minimum Gasteiger partial charge on any atom is -0.490 e. The van der Waals surface area contributed by atoms with Gasteiger partial charge in [-0.3, -0.25) is 19.5 Å². The van der Waals surface area contributed by atoms with Crippen LogP contribution in [0.15, 0.2) is 70.5 Å². The Bertz CT molecular complexity index is 1130. The van der Waals surface area contributed by atoms with Gasteiger partial charge in [-0.25, -0.2) is 0 Å². The second-order valence-corrected chi connectivity index (χ2v) is 8.26. The second kappa shape index (κ2) is 11.4. The van der Waals surface area contributed by atoms with Crippen LogP contribution in [0.2, 0.25) is 0 Å². The van der Waals surface area contributed by atoms with Gasteiger partial charge >= 0.3 is 0 Å². The van der Waals surface area contributed by atoms with E-state index in [0.717, 1.165) is 17.9 Å². The van der Waals surface area contributed by atoms with Crippen molar-refractivity contribution in [3.8, 4) is 5.75 Å². The lowest BCUT2D eigenvalue weighted by Crippen LogP contribution is -2.37. The molecule has 2 N–H and O–H groups in total. The van der Waals surface area contributed by atoms with Gasteiger partial charge in [-0.1, -0.05) is 24.6 Å². The zero-order valence-corrected chi connectivity index (χ0v) is 18.8. The van der Waals surface area contributed by atoms with Crippen LogP contribution in [0, 0.1) is 0 Å². The Hall–Kier alpha value is -3.45. The van der Waals surface area contributed by atoms with Gasteiger partial charge in [0, 0.05) is 32.0 Å². The predicted octanol–water partition coefficient (Wildman–Crippen LogP) is 3.32. The van der Waals surface area contributed by atoms with Gasteiger partial charge in [0.2, 0.25) is 0 Å². The second-order valence-electron chi connectivity index (χ2n) is 8.26. The summed E-state index contributed by atoms with van der Waals surface area (Å²) < 4.78 is 5.85. The van der Waals surface area contributed by atoms with Crippen LogP contribution in [0.25, 0.3) is 0 Å². The molecule has 0 atom stereocenters. The summed E-state index contributed by atoms with van der Waals surface area (Å²) in [5.41, 5.74) is 1.97. The van der Waals surface area contributed by atoms with Crippen molar-refractivity contribution >= 4 is 11.4 Å². The third-order valence-electron chi connectivity index (χ3n) is 5.79. The van der Waals surface area contributed by atoms with Gasteiger partial charge in [0.1, 0.15) is 23.7 Å². The van der Waals surface area contributed by atoms with Gasteiger partial charge in [0.15, 0.2) is 0 Å². The zero-order valence-electron chi connectivity index (χ0n) is 18.8. The quantitative estimate of drug-likeness (QED) is 0.345. The highest BCUT2D eigenvalue weighted by atomic mass is 16.5. The zero-order chi connectivity index (χ0) is 22.9. The van der Waals surface area contributed by atoms with Crippen molar-refractivity contribution in [2.45, 2.75) is 32.4 Å². The van der Waals surface area contributed by atoms with Crippen molar-refractivity contribution in [1.82, 2.24) is 9.88 Å². The van der Waals surface area contributed by atoms with Crippen LogP contribution in [0.1, 0.15) is 30.4 Å². The van der Waals surface area contributed by atoms with E-state index >= 15 is 0 Å². The van der Waals surface area contributed by atoms with Crippen LogP contribution >= 0.6 is 0 Å². The molecule has 0 saturated carbocycles. The Kier molecular flexibility index (Phi) is 7.87. The first-order valence-corrected chi connectivity index (χ1v) is 11.5. The summed E-state index contributed by atoms with van der Waals surface area (Å²) in [4.78, 5) is 30.2. The average molecular weight is 447 g/mol. The van der Waals surface area contributed by atoms with Gasteiger partial charge in [-0.05, 0) is 67.4 Å². The molecule has 2 heterocycles. The van der Waals surface area contributed by atoms with E-state index in [9.17, 15) is 9.59 Å². The molecular formula is C26H30N4O3. The van der Waals surface area contributed by atoms with E-state index in [1.807, 2.05) is 36.4 Å².